The first kappa shape index (κ1) is 14.8. The Morgan fingerprint density at radius 3 is 2.41 bits per heavy atom. The fraction of sp³-hybridized carbons (Fsp3) is 0.316. The van der Waals surface area contributed by atoms with Gasteiger partial charge in [-0.3, -0.25) is 9.69 Å². The highest BCUT2D eigenvalue weighted by atomic mass is 16.2. The molecule has 0 spiro atoms. The molecule has 22 heavy (non-hydrogen) atoms. The van der Waals surface area contributed by atoms with Gasteiger partial charge in [-0.2, -0.15) is 0 Å². The van der Waals surface area contributed by atoms with Crippen LogP contribution in [0.3, 0.4) is 0 Å². The van der Waals surface area contributed by atoms with Crippen molar-refractivity contribution in [3.8, 4) is 0 Å². The Balaban J connectivity index is 1.59. The molecule has 1 aliphatic heterocycles. The molecule has 1 amide bonds. The second-order valence-corrected chi connectivity index (χ2v) is 5.95. The lowest BCUT2D eigenvalue weighted by molar-refractivity contribution is 0.0735. The minimum atomic E-state index is 0.118. The van der Waals surface area contributed by atoms with Crippen molar-refractivity contribution in [1.29, 1.82) is 0 Å². The second-order valence-electron chi connectivity index (χ2n) is 5.95. The number of rotatable bonds is 4. The molecule has 1 fully saturated rings. The third-order valence-corrected chi connectivity index (χ3v) is 4.39. The topological polar surface area (TPSA) is 23.6 Å². The quantitative estimate of drug-likeness (QED) is 0.865. The Bertz CT molecular complexity index is 612. The van der Waals surface area contributed by atoms with Crippen LogP contribution in [-0.4, -0.2) is 41.9 Å². The number of nitrogens with zero attached hydrogens (tertiary/aromatic N) is 2. The van der Waals surface area contributed by atoms with Crippen LogP contribution in [0.5, 0.6) is 0 Å². The van der Waals surface area contributed by atoms with Gasteiger partial charge in [0.15, 0.2) is 0 Å². The predicted octanol–water partition coefficient (Wildman–Crippen LogP) is 3.03. The summed E-state index contributed by atoms with van der Waals surface area (Å²) in [5.41, 5.74) is 2.10. The zero-order chi connectivity index (χ0) is 15.4. The molecule has 3 heteroatoms. The predicted molar refractivity (Wildman–Crippen MR) is 88.7 cm³/mol. The van der Waals surface area contributed by atoms with Crippen molar-refractivity contribution in [2.24, 2.45) is 0 Å². The van der Waals surface area contributed by atoms with Gasteiger partial charge in [0.05, 0.1) is 0 Å². The molecule has 1 saturated heterocycles. The number of carbonyl (C=O) groups excluding carboxylic acids is 1. The third-order valence-electron chi connectivity index (χ3n) is 4.39. The third kappa shape index (κ3) is 3.37. The first-order valence-electron chi connectivity index (χ1n) is 7.82. The summed E-state index contributed by atoms with van der Waals surface area (Å²) in [4.78, 5) is 16.8. The average Bonchev–Trinajstić information content (AvgIpc) is 3.04. The lowest BCUT2D eigenvalue weighted by Crippen LogP contribution is -2.38. The summed E-state index contributed by atoms with van der Waals surface area (Å²) in [6, 6.07) is 20.4. The lowest BCUT2D eigenvalue weighted by Gasteiger charge is -2.25. The van der Waals surface area contributed by atoms with Crippen molar-refractivity contribution < 1.29 is 4.79 Å². The van der Waals surface area contributed by atoms with Gasteiger partial charge in [0, 0.05) is 38.3 Å². The first-order chi connectivity index (χ1) is 10.7. The number of hydrogen-bond acceptors (Lipinski definition) is 2. The molecule has 0 aliphatic carbocycles. The lowest BCUT2D eigenvalue weighted by atomic mass is 10.1. The number of carbonyl (C=O) groups is 1. The molecule has 0 N–H and O–H groups in total. The van der Waals surface area contributed by atoms with Crippen LogP contribution in [0.4, 0.5) is 0 Å². The molecular weight excluding hydrogens is 272 g/mol. The Labute approximate surface area is 132 Å². The molecule has 3 rings (SSSR count). The van der Waals surface area contributed by atoms with E-state index >= 15 is 0 Å². The van der Waals surface area contributed by atoms with Gasteiger partial charge in [0.1, 0.15) is 0 Å². The van der Waals surface area contributed by atoms with Gasteiger partial charge in [-0.25, -0.2) is 0 Å². The average molecular weight is 294 g/mol. The van der Waals surface area contributed by atoms with Gasteiger partial charge in [-0.05, 0) is 24.1 Å². The van der Waals surface area contributed by atoms with Gasteiger partial charge in [-0.15, -0.1) is 0 Å². The Morgan fingerprint density at radius 1 is 1.09 bits per heavy atom. The van der Waals surface area contributed by atoms with Crippen molar-refractivity contribution in [3.05, 3.63) is 71.8 Å². The highest BCUT2D eigenvalue weighted by Crippen LogP contribution is 2.18. The van der Waals surface area contributed by atoms with Crippen LogP contribution in [0.2, 0.25) is 0 Å². The minimum Gasteiger partial charge on any atom is -0.337 e. The first-order valence-corrected chi connectivity index (χ1v) is 7.82. The van der Waals surface area contributed by atoms with Gasteiger partial charge < -0.3 is 4.90 Å². The summed E-state index contributed by atoms with van der Waals surface area (Å²) >= 11 is 0. The highest BCUT2D eigenvalue weighted by Gasteiger charge is 2.28. The van der Waals surface area contributed by atoms with Gasteiger partial charge in [0.2, 0.25) is 0 Å². The smallest absolute Gasteiger partial charge is 0.253 e. The number of benzene rings is 2. The van der Waals surface area contributed by atoms with Crippen LogP contribution >= 0.6 is 0 Å². The zero-order valence-corrected chi connectivity index (χ0v) is 13.0. The van der Waals surface area contributed by atoms with Crippen LogP contribution in [0.25, 0.3) is 0 Å². The SMILES string of the molecule is CN(C(=O)c1ccccc1)[C@@H]1CCN(Cc2ccccc2)C1. The largest absolute Gasteiger partial charge is 0.337 e. The summed E-state index contributed by atoms with van der Waals surface area (Å²) in [7, 11) is 1.92. The number of likely N-dealkylation sites (tertiary alicyclic amines) is 1. The number of hydrogen-bond donors (Lipinski definition) is 0. The van der Waals surface area contributed by atoms with E-state index in [0.717, 1.165) is 31.6 Å². The van der Waals surface area contributed by atoms with Crippen molar-refractivity contribution in [2.75, 3.05) is 20.1 Å². The van der Waals surface area contributed by atoms with Crippen LogP contribution in [0.15, 0.2) is 60.7 Å². The number of likely N-dealkylation sites (N-methyl/N-ethyl adjacent to an activating group) is 1. The maximum Gasteiger partial charge on any atom is 0.253 e. The van der Waals surface area contributed by atoms with E-state index in [9.17, 15) is 4.79 Å². The second kappa shape index (κ2) is 6.75. The molecule has 1 heterocycles. The summed E-state index contributed by atoms with van der Waals surface area (Å²) in [6.45, 7) is 2.96. The molecule has 114 valence electrons. The van der Waals surface area contributed by atoms with Crippen molar-refractivity contribution in [3.63, 3.8) is 0 Å². The van der Waals surface area contributed by atoms with Crippen LogP contribution < -0.4 is 0 Å². The molecule has 0 unspecified atom stereocenters. The van der Waals surface area contributed by atoms with Gasteiger partial charge in [0.25, 0.3) is 5.91 Å². The Morgan fingerprint density at radius 2 is 1.73 bits per heavy atom. The van der Waals surface area contributed by atoms with E-state index in [1.807, 2.05) is 48.3 Å². The maximum absolute atomic E-state index is 12.5. The molecule has 0 radical (unpaired) electrons. The molecule has 2 aromatic rings. The van der Waals surface area contributed by atoms with Crippen LogP contribution in [0, 0.1) is 0 Å². The van der Waals surface area contributed by atoms with Crippen molar-refractivity contribution in [1.82, 2.24) is 9.80 Å². The highest BCUT2D eigenvalue weighted by molar-refractivity contribution is 5.94. The summed E-state index contributed by atoms with van der Waals surface area (Å²) < 4.78 is 0. The van der Waals surface area contributed by atoms with E-state index < -0.39 is 0 Å². The standard InChI is InChI=1S/C19H22N2O/c1-20(19(22)17-10-6-3-7-11-17)18-12-13-21(15-18)14-16-8-4-2-5-9-16/h2-11,18H,12-15H2,1H3/t18-/m1/s1. The summed E-state index contributed by atoms with van der Waals surface area (Å²) in [6.07, 6.45) is 1.04. The van der Waals surface area contributed by atoms with Crippen molar-refractivity contribution in [2.45, 2.75) is 19.0 Å². The van der Waals surface area contributed by atoms with Crippen LogP contribution in [-0.2, 0) is 6.54 Å². The van der Waals surface area contributed by atoms with E-state index in [1.54, 1.807) is 0 Å². The van der Waals surface area contributed by atoms with Gasteiger partial charge in [-0.1, -0.05) is 48.5 Å². The Hall–Kier alpha value is -2.13. The maximum atomic E-state index is 12.5. The summed E-state index contributed by atoms with van der Waals surface area (Å²) in [5, 5.41) is 0. The fourth-order valence-electron chi connectivity index (χ4n) is 3.06. The fourth-order valence-corrected chi connectivity index (χ4v) is 3.06. The normalized spacial score (nSPS) is 18.3. The van der Waals surface area contributed by atoms with E-state index in [0.29, 0.717) is 6.04 Å². The molecule has 2 aromatic carbocycles. The van der Waals surface area contributed by atoms with E-state index in [2.05, 4.69) is 29.2 Å². The van der Waals surface area contributed by atoms with E-state index in [-0.39, 0.29) is 5.91 Å². The van der Waals surface area contributed by atoms with E-state index in [1.165, 1.54) is 5.56 Å². The summed E-state index contributed by atoms with van der Waals surface area (Å²) in [5.74, 6) is 0.118. The molecule has 0 bridgehead atoms. The molecule has 1 aliphatic rings. The zero-order valence-electron chi connectivity index (χ0n) is 13.0. The molecule has 3 nitrogen and oxygen atoms in total. The van der Waals surface area contributed by atoms with Gasteiger partial charge >= 0.3 is 0 Å². The molecule has 0 saturated carbocycles. The van der Waals surface area contributed by atoms with E-state index in [4.69, 9.17) is 0 Å². The molecule has 1 atom stereocenters. The monoisotopic (exact) mass is 294 g/mol. The Kier molecular flexibility index (Phi) is 4.54. The minimum absolute atomic E-state index is 0.118. The van der Waals surface area contributed by atoms with Crippen LogP contribution in [0.1, 0.15) is 22.3 Å². The van der Waals surface area contributed by atoms with Crippen molar-refractivity contribution >= 4 is 5.91 Å². The molecular formula is C19H22N2O. The molecule has 0 aromatic heterocycles. The number of amides is 1.